The van der Waals surface area contributed by atoms with Gasteiger partial charge in [0.25, 0.3) is 0 Å². The minimum absolute atomic E-state index is 0.0272. The van der Waals surface area contributed by atoms with Crippen LogP contribution in [0.3, 0.4) is 0 Å². The number of aromatic nitrogens is 3. The molecule has 4 aromatic rings. The zero-order valence-corrected chi connectivity index (χ0v) is 21.7. The summed E-state index contributed by atoms with van der Waals surface area (Å²) in [7, 11) is 0. The number of amides is 1. The van der Waals surface area contributed by atoms with Gasteiger partial charge in [0.2, 0.25) is 5.91 Å². The monoisotopic (exact) mass is 496 g/mol. The average Bonchev–Trinajstić information content (AvgIpc) is 3.35. The van der Waals surface area contributed by atoms with Gasteiger partial charge in [-0.05, 0) is 55.0 Å². The lowest BCUT2D eigenvalue weighted by molar-refractivity contribution is -0.113. The molecule has 1 fully saturated rings. The summed E-state index contributed by atoms with van der Waals surface area (Å²) in [5, 5.41) is 13.0. The molecule has 5 nitrogen and oxygen atoms in total. The first-order valence-corrected chi connectivity index (χ1v) is 13.7. The Kier molecular flexibility index (Phi) is 7.52. The van der Waals surface area contributed by atoms with E-state index in [2.05, 4.69) is 81.6 Å². The molecule has 36 heavy (non-hydrogen) atoms. The van der Waals surface area contributed by atoms with Gasteiger partial charge in [0.15, 0.2) is 11.0 Å². The van der Waals surface area contributed by atoms with E-state index in [1.807, 2.05) is 25.1 Å². The third-order valence-corrected chi connectivity index (χ3v) is 8.01. The maximum atomic E-state index is 12.8. The second-order valence-electron chi connectivity index (χ2n) is 9.50. The van der Waals surface area contributed by atoms with Crippen LogP contribution in [0.2, 0.25) is 0 Å². The summed E-state index contributed by atoms with van der Waals surface area (Å²) < 4.78 is 2.28. The number of thioether (sulfide) groups is 1. The molecular formula is C30H32N4OS. The summed E-state index contributed by atoms with van der Waals surface area (Å²) >= 11 is 1.47. The number of hydrogen-bond acceptors (Lipinski definition) is 4. The molecule has 0 unspecified atom stereocenters. The van der Waals surface area contributed by atoms with Crippen molar-refractivity contribution in [3.63, 3.8) is 0 Å². The maximum absolute atomic E-state index is 12.8. The van der Waals surface area contributed by atoms with Crippen LogP contribution in [-0.2, 0) is 4.79 Å². The lowest BCUT2D eigenvalue weighted by Crippen LogP contribution is -2.18. The van der Waals surface area contributed by atoms with E-state index >= 15 is 0 Å². The fourth-order valence-corrected chi connectivity index (χ4v) is 5.69. The third-order valence-electron chi connectivity index (χ3n) is 7.07. The van der Waals surface area contributed by atoms with E-state index in [-0.39, 0.29) is 5.91 Å². The zero-order chi connectivity index (χ0) is 24.9. The maximum Gasteiger partial charge on any atom is 0.234 e. The van der Waals surface area contributed by atoms with Crippen LogP contribution in [0.4, 0.5) is 5.69 Å². The van der Waals surface area contributed by atoms with Crippen LogP contribution < -0.4 is 5.32 Å². The van der Waals surface area contributed by atoms with Crippen LogP contribution in [0.25, 0.3) is 22.5 Å². The molecule has 1 saturated carbocycles. The average molecular weight is 497 g/mol. The lowest BCUT2D eigenvalue weighted by atomic mass is 9.95. The Labute approximate surface area is 217 Å². The van der Waals surface area contributed by atoms with E-state index in [9.17, 15) is 4.79 Å². The summed E-state index contributed by atoms with van der Waals surface area (Å²) in [6.07, 6.45) is 5.95. The predicted octanol–water partition coefficient (Wildman–Crippen LogP) is 7.46. The standard InChI is InChI=1S/C30H32N4OS/c1-21-10-9-15-27(22(21)2)31-28(35)20-36-30-33-32-29(34(30)26-13-7-4-8-14-26)25-18-16-24(17-19-25)23-11-5-3-6-12-23/h3,5-6,9-12,15-19,26H,4,7-8,13-14,20H2,1-2H3,(H,31,35). The Balaban J connectivity index is 1.37. The number of benzene rings is 3. The summed E-state index contributed by atoms with van der Waals surface area (Å²) in [4.78, 5) is 12.8. The first kappa shape index (κ1) is 24.3. The van der Waals surface area contributed by atoms with Crippen molar-refractivity contribution < 1.29 is 4.79 Å². The number of nitrogens with zero attached hydrogens (tertiary/aromatic N) is 3. The fourth-order valence-electron chi connectivity index (χ4n) is 4.89. The SMILES string of the molecule is Cc1cccc(NC(=O)CSc2nnc(-c3ccc(-c4ccccc4)cc3)n2C2CCCCC2)c1C. The van der Waals surface area contributed by atoms with Gasteiger partial charge < -0.3 is 5.32 Å². The number of carbonyl (C=O) groups excluding carboxylic acids is 1. The smallest absolute Gasteiger partial charge is 0.234 e. The van der Waals surface area contributed by atoms with Crippen molar-refractivity contribution in [2.45, 2.75) is 57.1 Å². The van der Waals surface area contributed by atoms with Gasteiger partial charge in [-0.3, -0.25) is 9.36 Å². The van der Waals surface area contributed by atoms with E-state index in [1.165, 1.54) is 47.7 Å². The third kappa shape index (κ3) is 5.39. The highest BCUT2D eigenvalue weighted by Crippen LogP contribution is 2.36. The van der Waals surface area contributed by atoms with Crippen molar-refractivity contribution in [2.75, 3.05) is 11.1 Å². The highest BCUT2D eigenvalue weighted by atomic mass is 32.2. The van der Waals surface area contributed by atoms with Crippen LogP contribution in [-0.4, -0.2) is 26.4 Å². The molecule has 3 aromatic carbocycles. The largest absolute Gasteiger partial charge is 0.325 e. The number of hydrogen-bond donors (Lipinski definition) is 1. The lowest BCUT2D eigenvalue weighted by Gasteiger charge is -2.25. The number of aryl methyl sites for hydroxylation is 1. The van der Waals surface area contributed by atoms with Crippen molar-refractivity contribution in [3.05, 3.63) is 83.9 Å². The van der Waals surface area contributed by atoms with Crippen molar-refractivity contribution >= 4 is 23.4 Å². The van der Waals surface area contributed by atoms with E-state index in [0.717, 1.165) is 40.6 Å². The van der Waals surface area contributed by atoms with Crippen LogP contribution >= 0.6 is 11.8 Å². The van der Waals surface area contributed by atoms with E-state index in [4.69, 9.17) is 0 Å². The van der Waals surface area contributed by atoms with Crippen molar-refractivity contribution in [1.82, 2.24) is 14.8 Å². The van der Waals surface area contributed by atoms with Crippen molar-refractivity contribution in [2.24, 2.45) is 0 Å². The Morgan fingerprint density at radius 1 is 0.861 bits per heavy atom. The summed E-state index contributed by atoms with van der Waals surface area (Å²) in [5.74, 6) is 1.16. The Morgan fingerprint density at radius 2 is 1.56 bits per heavy atom. The quantitative estimate of drug-likeness (QED) is 0.270. The molecule has 5 rings (SSSR count). The van der Waals surface area contributed by atoms with E-state index < -0.39 is 0 Å². The van der Waals surface area contributed by atoms with Crippen LogP contribution in [0, 0.1) is 13.8 Å². The van der Waals surface area contributed by atoms with E-state index in [0.29, 0.717) is 11.8 Å². The second-order valence-corrected chi connectivity index (χ2v) is 10.4. The van der Waals surface area contributed by atoms with Crippen molar-refractivity contribution in [1.29, 1.82) is 0 Å². The summed E-state index contributed by atoms with van der Waals surface area (Å²) in [6, 6.07) is 25.3. The molecule has 1 heterocycles. The minimum Gasteiger partial charge on any atom is -0.325 e. The summed E-state index contributed by atoms with van der Waals surface area (Å²) in [6.45, 7) is 4.09. The topological polar surface area (TPSA) is 59.8 Å². The number of rotatable bonds is 7. The van der Waals surface area contributed by atoms with Crippen LogP contribution in [0.1, 0.15) is 49.3 Å². The van der Waals surface area contributed by atoms with Gasteiger partial charge in [-0.1, -0.05) is 97.8 Å². The zero-order valence-electron chi connectivity index (χ0n) is 20.9. The molecule has 0 atom stereocenters. The predicted molar refractivity (Wildman–Crippen MR) is 148 cm³/mol. The van der Waals surface area contributed by atoms with Gasteiger partial charge in [0, 0.05) is 17.3 Å². The second kappa shape index (κ2) is 11.1. The van der Waals surface area contributed by atoms with Gasteiger partial charge in [0.1, 0.15) is 0 Å². The normalized spacial score (nSPS) is 14.1. The highest BCUT2D eigenvalue weighted by molar-refractivity contribution is 7.99. The molecule has 0 radical (unpaired) electrons. The first-order chi connectivity index (χ1) is 17.6. The summed E-state index contributed by atoms with van der Waals surface area (Å²) in [5.41, 5.74) is 6.57. The molecule has 1 aliphatic carbocycles. The van der Waals surface area contributed by atoms with Gasteiger partial charge in [-0.2, -0.15) is 0 Å². The first-order valence-electron chi connectivity index (χ1n) is 12.7. The molecule has 1 amide bonds. The van der Waals surface area contributed by atoms with Gasteiger partial charge in [-0.25, -0.2) is 0 Å². The fraction of sp³-hybridized carbons (Fsp3) is 0.300. The van der Waals surface area contributed by atoms with Crippen molar-refractivity contribution in [3.8, 4) is 22.5 Å². The van der Waals surface area contributed by atoms with Gasteiger partial charge in [0.05, 0.1) is 5.75 Å². The van der Waals surface area contributed by atoms with Crippen LogP contribution in [0.5, 0.6) is 0 Å². The number of anilines is 1. The molecule has 1 aliphatic rings. The highest BCUT2D eigenvalue weighted by Gasteiger charge is 2.24. The Hall–Kier alpha value is -3.38. The molecule has 0 spiro atoms. The molecule has 1 N–H and O–H groups in total. The Bertz CT molecular complexity index is 1330. The molecule has 0 bridgehead atoms. The molecule has 0 aliphatic heterocycles. The van der Waals surface area contributed by atoms with Gasteiger partial charge in [-0.15, -0.1) is 10.2 Å². The number of carbonyl (C=O) groups is 1. The van der Waals surface area contributed by atoms with Crippen LogP contribution in [0.15, 0.2) is 78.0 Å². The minimum atomic E-state index is -0.0272. The van der Waals surface area contributed by atoms with Gasteiger partial charge >= 0.3 is 0 Å². The molecule has 6 heteroatoms. The molecule has 1 aromatic heterocycles. The Morgan fingerprint density at radius 3 is 2.31 bits per heavy atom. The molecule has 0 saturated heterocycles. The molecular weight excluding hydrogens is 464 g/mol. The molecule has 184 valence electrons. The van der Waals surface area contributed by atoms with E-state index in [1.54, 1.807) is 0 Å². The number of nitrogens with one attached hydrogen (secondary N) is 1.